The molecule has 90 valence electrons. The predicted molar refractivity (Wildman–Crippen MR) is 63.5 cm³/mol. The van der Waals surface area contributed by atoms with E-state index in [1.165, 1.54) is 0 Å². The van der Waals surface area contributed by atoms with Gasteiger partial charge in [-0.2, -0.15) is 5.10 Å². The number of para-hydroxylation sites is 1. The number of methoxy groups -OCH3 is 1. The first-order valence-corrected chi connectivity index (χ1v) is 5.19. The zero-order valence-electron chi connectivity index (χ0n) is 9.50. The molecule has 0 radical (unpaired) electrons. The smallest absolute Gasteiger partial charge is 0.184 e. The van der Waals surface area contributed by atoms with Crippen molar-refractivity contribution in [1.29, 1.82) is 0 Å². The number of ether oxygens (including phenoxy) is 1. The van der Waals surface area contributed by atoms with Crippen molar-refractivity contribution in [3.05, 3.63) is 24.5 Å². The maximum Gasteiger partial charge on any atom is 0.184 e. The number of aliphatic hydroxyl groups is 1. The molecule has 1 aromatic heterocycles. The Balaban J connectivity index is 2.41. The number of anilines is 1. The van der Waals surface area contributed by atoms with E-state index >= 15 is 0 Å². The van der Waals surface area contributed by atoms with Crippen LogP contribution in [-0.4, -0.2) is 33.6 Å². The third-order valence-electron chi connectivity index (χ3n) is 2.36. The number of rotatable bonds is 4. The highest BCUT2D eigenvalue weighted by molar-refractivity contribution is 5.72. The van der Waals surface area contributed by atoms with Gasteiger partial charge in [0.25, 0.3) is 0 Å². The molecule has 0 fully saturated rings. The third-order valence-corrected chi connectivity index (χ3v) is 2.36. The molecule has 6 nitrogen and oxygen atoms in total. The third kappa shape index (κ3) is 2.21. The van der Waals surface area contributed by atoms with E-state index < -0.39 is 0 Å². The van der Waals surface area contributed by atoms with E-state index in [9.17, 15) is 0 Å². The highest BCUT2D eigenvalue weighted by Crippen LogP contribution is 2.32. The first-order chi connectivity index (χ1) is 8.26. The number of aliphatic hydroxyl groups excluding tert-OH is 1. The van der Waals surface area contributed by atoms with Crippen molar-refractivity contribution in [2.24, 2.45) is 0 Å². The lowest BCUT2D eigenvalue weighted by molar-refractivity contribution is 0.269. The van der Waals surface area contributed by atoms with E-state index in [-0.39, 0.29) is 6.61 Å². The van der Waals surface area contributed by atoms with Crippen molar-refractivity contribution < 1.29 is 9.84 Å². The summed E-state index contributed by atoms with van der Waals surface area (Å²) < 4.78 is 6.80. The summed E-state index contributed by atoms with van der Waals surface area (Å²) in [5.41, 5.74) is 7.09. The summed E-state index contributed by atoms with van der Waals surface area (Å²) in [5, 5.41) is 13.0. The molecule has 0 unspecified atom stereocenters. The molecule has 0 aliphatic rings. The van der Waals surface area contributed by atoms with Crippen LogP contribution in [0.3, 0.4) is 0 Å². The quantitative estimate of drug-likeness (QED) is 0.753. The van der Waals surface area contributed by atoms with Gasteiger partial charge in [0.05, 0.1) is 31.5 Å². The average Bonchev–Trinajstić information content (AvgIpc) is 2.78. The summed E-state index contributed by atoms with van der Waals surface area (Å²) in [5.74, 6) is 1.09. The Labute approximate surface area is 98.7 Å². The number of hydrogen-bond acceptors (Lipinski definition) is 5. The molecular weight excluding hydrogens is 220 g/mol. The highest BCUT2D eigenvalue weighted by Gasteiger charge is 2.12. The second-order valence-corrected chi connectivity index (χ2v) is 3.48. The minimum atomic E-state index is 0.0247. The van der Waals surface area contributed by atoms with Crippen molar-refractivity contribution in [3.8, 4) is 17.1 Å². The van der Waals surface area contributed by atoms with Crippen LogP contribution in [0.4, 0.5) is 5.69 Å². The molecule has 0 atom stereocenters. The molecule has 2 aromatic rings. The van der Waals surface area contributed by atoms with Crippen LogP contribution in [-0.2, 0) is 6.54 Å². The molecule has 0 amide bonds. The van der Waals surface area contributed by atoms with Crippen molar-refractivity contribution in [2.75, 3.05) is 19.5 Å². The fourth-order valence-electron chi connectivity index (χ4n) is 1.59. The number of hydrogen-bond donors (Lipinski definition) is 2. The fourth-order valence-corrected chi connectivity index (χ4v) is 1.59. The molecule has 0 spiro atoms. The van der Waals surface area contributed by atoms with Gasteiger partial charge in [0, 0.05) is 0 Å². The van der Waals surface area contributed by atoms with Crippen LogP contribution < -0.4 is 10.5 Å². The molecule has 6 heteroatoms. The minimum absolute atomic E-state index is 0.0247. The Bertz CT molecular complexity index is 510. The van der Waals surface area contributed by atoms with E-state index in [1.807, 2.05) is 12.1 Å². The lowest BCUT2D eigenvalue weighted by Gasteiger charge is -2.07. The standard InChI is InChI=1S/C11H14N4O2/c1-17-10-8(3-2-4-9(10)12)11-13-7-15(14-11)5-6-16/h2-4,7,16H,5-6,12H2,1H3. The summed E-state index contributed by atoms with van der Waals surface area (Å²) in [4.78, 5) is 4.16. The van der Waals surface area contributed by atoms with Crippen LogP contribution in [0.5, 0.6) is 5.75 Å². The molecule has 17 heavy (non-hydrogen) atoms. The Morgan fingerprint density at radius 1 is 1.47 bits per heavy atom. The second-order valence-electron chi connectivity index (χ2n) is 3.48. The molecular formula is C11H14N4O2. The van der Waals surface area contributed by atoms with Crippen molar-refractivity contribution in [3.63, 3.8) is 0 Å². The number of nitrogens with two attached hydrogens (primary N) is 1. The number of nitrogens with zero attached hydrogens (tertiary/aromatic N) is 3. The summed E-state index contributed by atoms with van der Waals surface area (Å²) >= 11 is 0. The predicted octanol–water partition coefficient (Wildman–Crippen LogP) is 0.528. The Morgan fingerprint density at radius 2 is 2.29 bits per heavy atom. The fraction of sp³-hybridized carbons (Fsp3) is 0.273. The monoisotopic (exact) mass is 234 g/mol. The summed E-state index contributed by atoms with van der Waals surface area (Å²) in [6.45, 7) is 0.439. The molecule has 3 N–H and O–H groups in total. The summed E-state index contributed by atoms with van der Waals surface area (Å²) in [6, 6.07) is 5.42. The average molecular weight is 234 g/mol. The van der Waals surface area contributed by atoms with E-state index in [4.69, 9.17) is 15.6 Å². The Hall–Kier alpha value is -2.08. The minimum Gasteiger partial charge on any atom is -0.494 e. The van der Waals surface area contributed by atoms with Gasteiger partial charge in [-0.3, -0.25) is 4.68 Å². The highest BCUT2D eigenvalue weighted by atomic mass is 16.5. The lowest BCUT2D eigenvalue weighted by atomic mass is 10.1. The van der Waals surface area contributed by atoms with Gasteiger partial charge in [-0.15, -0.1) is 0 Å². The normalized spacial score (nSPS) is 10.5. The van der Waals surface area contributed by atoms with Crippen LogP contribution in [0.1, 0.15) is 0 Å². The number of aromatic nitrogens is 3. The molecule has 2 rings (SSSR count). The van der Waals surface area contributed by atoms with E-state index in [1.54, 1.807) is 24.2 Å². The van der Waals surface area contributed by atoms with Crippen molar-refractivity contribution in [2.45, 2.75) is 6.54 Å². The zero-order chi connectivity index (χ0) is 12.3. The maximum absolute atomic E-state index is 8.81. The molecule has 0 saturated carbocycles. The van der Waals surface area contributed by atoms with Crippen LogP contribution in [0, 0.1) is 0 Å². The second kappa shape index (κ2) is 4.84. The van der Waals surface area contributed by atoms with Gasteiger partial charge >= 0.3 is 0 Å². The van der Waals surface area contributed by atoms with E-state index in [0.29, 0.717) is 23.8 Å². The molecule has 0 bridgehead atoms. The molecule has 0 aliphatic heterocycles. The van der Waals surface area contributed by atoms with Crippen LogP contribution >= 0.6 is 0 Å². The van der Waals surface area contributed by atoms with Gasteiger partial charge in [-0.25, -0.2) is 4.98 Å². The van der Waals surface area contributed by atoms with Gasteiger partial charge in [-0.05, 0) is 12.1 Å². The molecule has 0 saturated heterocycles. The van der Waals surface area contributed by atoms with Gasteiger partial charge in [-0.1, -0.05) is 6.07 Å². The van der Waals surface area contributed by atoms with Crippen LogP contribution in [0.15, 0.2) is 24.5 Å². The Morgan fingerprint density at radius 3 is 3.00 bits per heavy atom. The Kier molecular flexibility index (Phi) is 3.24. The zero-order valence-corrected chi connectivity index (χ0v) is 9.50. The molecule has 1 aromatic carbocycles. The summed E-state index contributed by atoms with van der Waals surface area (Å²) in [7, 11) is 1.56. The molecule has 1 heterocycles. The van der Waals surface area contributed by atoms with Gasteiger partial charge in [0.15, 0.2) is 11.6 Å². The maximum atomic E-state index is 8.81. The first-order valence-electron chi connectivity index (χ1n) is 5.19. The van der Waals surface area contributed by atoms with Crippen LogP contribution in [0.2, 0.25) is 0 Å². The largest absolute Gasteiger partial charge is 0.494 e. The van der Waals surface area contributed by atoms with E-state index in [2.05, 4.69) is 10.1 Å². The van der Waals surface area contributed by atoms with E-state index in [0.717, 1.165) is 5.56 Å². The van der Waals surface area contributed by atoms with Crippen molar-refractivity contribution >= 4 is 5.69 Å². The van der Waals surface area contributed by atoms with Gasteiger partial charge in [0.1, 0.15) is 6.33 Å². The first kappa shape index (κ1) is 11.4. The SMILES string of the molecule is COc1c(N)cccc1-c1ncn(CCO)n1. The van der Waals surface area contributed by atoms with Crippen molar-refractivity contribution in [1.82, 2.24) is 14.8 Å². The van der Waals surface area contributed by atoms with Gasteiger partial charge < -0.3 is 15.6 Å². The summed E-state index contributed by atoms with van der Waals surface area (Å²) in [6.07, 6.45) is 1.56. The van der Waals surface area contributed by atoms with Gasteiger partial charge in [0.2, 0.25) is 0 Å². The topological polar surface area (TPSA) is 86.2 Å². The van der Waals surface area contributed by atoms with Crippen LogP contribution in [0.25, 0.3) is 11.4 Å². The molecule has 0 aliphatic carbocycles. The number of benzene rings is 1. The lowest BCUT2D eigenvalue weighted by Crippen LogP contribution is -2.02. The number of nitrogen functional groups attached to an aromatic ring is 1.